The maximum atomic E-state index is 15.0. The van der Waals surface area contributed by atoms with E-state index in [0.29, 0.717) is 12.0 Å². The van der Waals surface area contributed by atoms with Crippen molar-refractivity contribution in [3.8, 4) is 0 Å². The van der Waals surface area contributed by atoms with E-state index in [4.69, 9.17) is 0 Å². The number of halogens is 2. The second-order valence-electron chi connectivity index (χ2n) is 6.76. The van der Waals surface area contributed by atoms with Gasteiger partial charge in [0.1, 0.15) is 11.5 Å². The molecule has 0 aliphatic heterocycles. The van der Waals surface area contributed by atoms with Crippen LogP contribution < -0.4 is 4.72 Å². The van der Waals surface area contributed by atoms with E-state index in [-0.39, 0.29) is 22.3 Å². The highest BCUT2D eigenvalue weighted by atomic mass is 32.2. The Hall–Kier alpha value is -3.60. The summed E-state index contributed by atoms with van der Waals surface area (Å²) in [6.07, 6.45) is 5.53. The molecule has 0 aliphatic rings. The molecule has 32 heavy (non-hydrogen) atoms. The molecular formula is C21H19F2N3O5S. The van der Waals surface area contributed by atoms with Gasteiger partial charge in [-0.2, -0.15) is 0 Å². The number of benzene rings is 1. The van der Waals surface area contributed by atoms with Gasteiger partial charge in [-0.3, -0.25) is 9.52 Å². The topological polar surface area (TPSA) is 118 Å². The number of aromatic amines is 1. The molecule has 0 aliphatic carbocycles. The quantitative estimate of drug-likeness (QED) is 0.300. The Morgan fingerprint density at radius 1 is 1.28 bits per heavy atom. The zero-order valence-corrected chi connectivity index (χ0v) is 17.9. The van der Waals surface area contributed by atoms with Gasteiger partial charge in [0.15, 0.2) is 5.82 Å². The number of sulfonamides is 1. The number of hydrogen-bond donors (Lipinski definition) is 2. The minimum Gasteiger partial charge on any atom is -0.466 e. The first kappa shape index (κ1) is 23.1. The van der Waals surface area contributed by atoms with Gasteiger partial charge in [0.05, 0.1) is 24.1 Å². The lowest BCUT2D eigenvalue weighted by Crippen LogP contribution is -2.18. The van der Waals surface area contributed by atoms with Crippen LogP contribution in [0.3, 0.4) is 0 Å². The molecule has 0 atom stereocenters. The lowest BCUT2D eigenvalue weighted by molar-refractivity contribution is -0.134. The van der Waals surface area contributed by atoms with Crippen LogP contribution >= 0.6 is 0 Å². The highest BCUT2D eigenvalue weighted by Crippen LogP contribution is 2.28. The van der Waals surface area contributed by atoms with Crippen LogP contribution in [-0.4, -0.2) is 43.0 Å². The van der Waals surface area contributed by atoms with Crippen LogP contribution in [0.5, 0.6) is 0 Å². The fraction of sp³-hybridized carbons (Fsp3) is 0.190. The van der Waals surface area contributed by atoms with Crippen molar-refractivity contribution in [2.24, 2.45) is 0 Å². The Morgan fingerprint density at radius 2 is 2.03 bits per heavy atom. The summed E-state index contributed by atoms with van der Waals surface area (Å²) in [5, 5.41) is 0.262. The maximum absolute atomic E-state index is 15.0. The summed E-state index contributed by atoms with van der Waals surface area (Å²) in [4.78, 5) is 31.2. The van der Waals surface area contributed by atoms with Crippen LogP contribution in [0.2, 0.25) is 0 Å². The molecule has 0 radical (unpaired) electrons. The van der Waals surface area contributed by atoms with Crippen molar-refractivity contribution >= 4 is 44.6 Å². The predicted molar refractivity (Wildman–Crippen MR) is 115 cm³/mol. The molecule has 168 valence electrons. The molecule has 3 aromatic rings. The number of nitrogens with one attached hydrogen (secondary N) is 2. The average Bonchev–Trinajstić information content (AvgIpc) is 3.17. The lowest BCUT2D eigenvalue weighted by Gasteiger charge is -2.11. The standard InChI is InChI=1S/C21H19F2N3O5S/c1-3-8-32(29,30)26-16-6-5-15(22)18(19(16)23)20(28)14-11-25-21-13(14)9-12(10-24-21)4-7-17(27)31-2/h4-7,9-11,26H,3,8H2,1-2H3,(H,24,25). The molecule has 0 saturated heterocycles. The summed E-state index contributed by atoms with van der Waals surface area (Å²) in [7, 11) is -2.64. The molecular weight excluding hydrogens is 444 g/mol. The molecule has 11 heteroatoms. The SMILES string of the molecule is CCCS(=O)(=O)Nc1ccc(F)c(C(=O)c2c[nH]c3ncc(C=CC(=O)OC)cc23)c1F. The van der Waals surface area contributed by atoms with Crippen LogP contribution in [0.4, 0.5) is 14.5 Å². The van der Waals surface area contributed by atoms with Crippen LogP contribution in [0, 0.1) is 11.6 Å². The summed E-state index contributed by atoms with van der Waals surface area (Å²) in [5.74, 6) is -4.32. The summed E-state index contributed by atoms with van der Waals surface area (Å²) in [6.45, 7) is 1.63. The molecule has 0 spiro atoms. The Kier molecular flexibility index (Phi) is 6.68. The Balaban J connectivity index is 2.04. The number of ketones is 1. The molecule has 2 aromatic heterocycles. The van der Waals surface area contributed by atoms with Crippen molar-refractivity contribution in [3.05, 3.63) is 65.0 Å². The monoisotopic (exact) mass is 463 g/mol. The smallest absolute Gasteiger partial charge is 0.330 e. The molecule has 2 N–H and O–H groups in total. The molecule has 3 rings (SSSR count). The van der Waals surface area contributed by atoms with E-state index >= 15 is 0 Å². The molecule has 0 saturated carbocycles. The van der Waals surface area contributed by atoms with Crippen molar-refractivity contribution in [1.29, 1.82) is 0 Å². The van der Waals surface area contributed by atoms with Crippen LogP contribution in [0.25, 0.3) is 17.1 Å². The van der Waals surface area contributed by atoms with Gasteiger partial charge in [0.25, 0.3) is 0 Å². The number of carbonyl (C=O) groups is 2. The van der Waals surface area contributed by atoms with E-state index in [1.165, 1.54) is 31.6 Å². The maximum Gasteiger partial charge on any atom is 0.330 e. The fourth-order valence-corrected chi connectivity index (χ4v) is 4.12. The van der Waals surface area contributed by atoms with Crippen LogP contribution in [0.15, 0.2) is 36.7 Å². The number of rotatable bonds is 8. The lowest BCUT2D eigenvalue weighted by atomic mass is 10.0. The van der Waals surface area contributed by atoms with Gasteiger partial charge in [0, 0.05) is 29.4 Å². The third-order valence-corrected chi connectivity index (χ3v) is 5.94. The van der Waals surface area contributed by atoms with Gasteiger partial charge in [0.2, 0.25) is 15.8 Å². The van der Waals surface area contributed by atoms with Gasteiger partial charge in [-0.1, -0.05) is 6.92 Å². The second-order valence-corrected chi connectivity index (χ2v) is 8.60. The minimum absolute atomic E-state index is 0.0767. The van der Waals surface area contributed by atoms with Crippen LogP contribution in [-0.2, 0) is 19.6 Å². The van der Waals surface area contributed by atoms with E-state index in [0.717, 1.165) is 18.2 Å². The third kappa shape index (κ3) is 4.83. The average molecular weight is 463 g/mol. The van der Waals surface area contributed by atoms with Crippen molar-refractivity contribution in [2.45, 2.75) is 13.3 Å². The summed E-state index contributed by atoms with van der Waals surface area (Å²) in [5.41, 5.74) is -0.782. The normalized spacial score (nSPS) is 11.8. The van der Waals surface area contributed by atoms with Crippen molar-refractivity contribution in [3.63, 3.8) is 0 Å². The van der Waals surface area contributed by atoms with Gasteiger partial charge in [-0.25, -0.2) is 27.0 Å². The number of fused-ring (bicyclic) bond motifs is 1. The van der Waals surface area contributed by atoms with Gasteiger partial charge < -0.3 is 9.72 Å². The molecule has 0 amide bonds. The molecule has 2 heterocycles. The summed E-state index contributed by atoms with van der Waals surface area (Å²) in [6, 6.07) is 3.24. The number of aromatic nitrogens is 2. The van der Waals surface area contributed by atoms with Gasteiger partial charge >= 0.3 is 5.97 Å². The zero-order valence-electron chi connectivity index (χ0n) is 17.1. The first-order valence-electron chi connectivity index (χ1n) is 9.43. The van der Waals surface area contributed by atoms with Gasteiger partial charge in [-0.15, -0.1) is 0 Å². The summed E-state index contributed by atoms with van der Waals surface area (Å²) >= 11 is 0. The predicted octanol–water partition coefficient (Wildman–Crippen LogP) is 3.41. The Bertz CT molecular complexity index is 1330. The first-order valence-corrected chi connectivity index (χ1v) is 11.1. The zero-order chi connectivity index (χ0) is 23.5. The number of H-pyrrole nitrogens is 1. The van der Waals surface area contributed by atoms with Gasteiger partial charge in [-0.05, 0) is 36.3 Å². The number of esters is 1. The Labute approximate surface area is 182 Å². The number of nitrogens with zero attached hydrogens (tertiary/aromatic N) is 1. The molecule has 0 unspecified atom stereocenters. The number of anilines is 1. The second kappa shape index (κ2) is 9.27. The van der Waals surface area contributed by atoms with E-state index < -0.39 is 44.7 Å². The highest BCUT2D eigenvalue weighted by Gasteiger charge is 2.25. The fourth-order valence-electron chi connectivity index (χ4n) is 2.99. The number of hydrogen-bond acceptors (Lipinski definition) is 6. The molecule has 1 aromatic carbocycles. The van der Waals surface area contributed by atoms with E-state index in [2.05, 4.69) is 14.7 Å². The Morgan fingerprint density at radius 3 is 2.72 bits per heavy atom. The number of ether oxygens (including phenoxy) is 1. The van der Waals surface area contributed by atoms with Crippen molar-refractivity contribution < 1.29 is 31.5 Å². The number of carbonyl (C=O) groups excluding carboxylic acids is 2. The first-order chi connectivity index (χ1) is 15.2. The van der Waals surface area contributed by atoms with E-state index in [1.54, 1.807) is 6.92 Å². The van der Waals surface area contributed by atoms with E-state index in [1.807, 2.05) is 4.72 Å². The number of pyridine rings is 1. The van der Waals surface area contributed by atoms with Crippen molar-refractivity contribution in [1.82, 2.24) is 9.97 Å². The molecule has 0 fully saturated rings. The molecule has 0 bridgehead atoms. The highest BCUT2D eigenvalue weighted by molar-refractivity contribution is 7.92. The minimum atomic E-state index is -3.86. The molecule has 8 nitrogen and oxygen atoms in total. The van der Waals surface area contributed by atoms with Crippen molar-refractivity contribution in [2.75, 3.05) is 17.6 Å². The summed E-state index contributed by atoms with van der Waals surface area (Å²) < 4.78 is 60.0. The van der Waals surface area contributed by atoms with Crippen LogP contribution in [0.1, 0.15) is 34.8 Å². The number of methoxy groups -OCH3 is 1. The van der Waals surface area contributed by atoms with E-state index in [9.17, 15) is 26.8 Å². The largest absolute Gasteiger partial charge is 0.466 e. The third-order valence-electron chi connectivity index (χ3n) is 4.47.